The van der Waals surface area contributed by atoms with E-state index >= 15 is 0 Å². The Bertz CT molecular complexity index is 1140. The molecule has 2 heterocycles. The Balaban J connectivity index is 1.54. The summed E-state index contributed by atoms with van der Waals surface area (Å²) < 4.78 is 5.58. The van der Waals surface area contributed by atoms with E-state index in [9.17, 15) is 4.79 Å². The molecule has 1 amide bonds. The molecule has 0 radical (unpaired) electrons. The molecule has 0 bridgehead atoms. The number of furan rings is 1. The Morgan fingerprint density at radius 1 is 1.17 bits per heavy atom. The summed E-state index contributed by atoms with van der Waals surface area (Å²) in [5.41, 5.74) is 7.77. The van der Waals surface area contributed by atoms with Crippen LogP contribution in [-0.2, 0) is 0 Å². The van der Waals surface area contributed by atoms with Crippen molar-refractivity contribution in [3.05, 3.63) is 71.5 Å². The van der Waals surface area contributed by atoms with Gasteiger partial charge in [0.25, 0.3) is 0 Å². The van der Waals surface area contributed by atoms with Crippen molar-refractivity contribution in [2.75, 3.05) is 4.90 Å². The molecule has 1 aliphatic rings. The van der Waals surface area contributed by atoms with Crippen LogP contribution in [0, 0.1) is 0 Å². The predicted molar refractivity (Wildman–Crippen MR) is 123 cm³/mol. The first-order valence-electron chi connectivity index (χ1n) is 10.2. The van der Waals surface area contributed by atoms with Crippen molar-refractivity contribution in [1.82, 2.24) is 5.43 Å². The molecule has 0 aliphatic carbocycles. The zero-order valence-corrected chi connectivity index (χ0v) is 18.1. The molecular weight excluding hydrogens is 374 g/mol. The van der Waals surface area contributed by atoms with Gasteiger partial charge < -0.3 is 9.32 Å². The summed E-state index contributed by atoms with van der Waals surface area (Å²) in [7, 11) is 0. The molecule has 0 saturated heterocycles. The van der Waals surface area contributed by atoms with Crippen LogP contribution in [0.1, 0.15) is 56.3 Å². The molecule has 1 aliphatic heterocycles. The summed E-state index contributed by atoms with van der Waals surface area (Å²) >= 11 is 0. The van der Waals surface area contributed by atoms with E-state index in [-0.39, 0.29) is 17.2 Å². The second-order valence-electron chi connectivity index (χ2n) is 8.57. The van der Waals surface area contributed by atoms with Crippen molar-refractivity contribution in [2.24, 2.45) is 5.10 Å². The molecule has 154 valence electrons. The molecule has 0 spiro atoms. The maximum Gasteiger partial charge on any atom is 0.307 e. The van der Waals surface area contributed by atoms with Gasteiger partial charge in [-0.2, -0.15) is 5.10 Å². The molecule has 3 aromatic rings. The lowest BCUT2D eigenvalue weighted by Gasteiger charge is -2.46. The highest BCUT2D eigenvalue weighted by Crippen LogP contribution is 2.40. The number of benzene rings is 2. The minimum absolute atomic E-state index is 0.0403. The van der Waals surface area contributed by atoms with Gasteiger partial charge in [0.2, 0.25) is 0 Å². The second kappa shape index (κ2) is 7.48. The van der Waals surface area contributed by atoms with Gasteiger partial charge in [-0.3, -0.25) is 4.79 Å². The lowest BCUT2D eigenvalue weighted by Crippen LogP contribution is -2.49. The van der Waals surface area contributed by atoms with E-state index in [0.717, 1.165) is 10.9 Å². The molecule has 0 saturated carbocycles. The van der Waals surface area contributed by atoms with Crippen LogP contribution in [0.3, 0.4) is 0 Å². The number of allylic oxidation sites excluding steroid dienone is 1. The highest BCUT2D eigenvalue weighted by atomic mass is 16.3. The highest BCUT2D eigenvalue weighted by molar-refractivity contribution is 5.96. The summed E-state index contributed by atoms with van der Waals surface area (Å²) in [5, 5.41) is 5.02. The van der Waals surface area contributed by atoms with Gasteiger partial charge in [-0.25, -0.2) is 5.43 Å². The fraction of sp³-hybridized carbons (Fsp3) is 0.280. The number of hydrazone groups is 1. The molecule has 4 rings (SSSR count). The van der Waals surface area contributed by atoms with Gasteiger partial charge in [0, 0.05) is 22.7 Å². The molecular formula is C25H27N3O2. The Morgan fingerprint density at radius 3 is 2.67 bits per heavy atom. The van der Waals surface area contributed by atoms with Crippen LogP contribution < -0.4 is 10.3 Å². The maximum atomic E-state index is 12.3. The summed E-state index contributed by atoms with van der Waals surface area (Å²) in [6, 6.07) is 15.9. The van der Waals surface area contributed by atoms with Crippen molar-refractivity contribution in [1.29, 1.82) is 0 Å². The van der Waals surface area contributed by atoms with Crippen LogP contribution >= 0.6 is 0 Å². The number of fused-ring (bicyclic) bond motifs is 2. The van der Waals surface area contributed by atoms with E-state index in [2.05, 4.69) is 68.3 Å². The van der Waals surface area contributed by atoms with Gasteiger partial charge >= 0.3 is 5.91 Å². The Hall–Kier alpha value is -3.34. The molecule has 0 atom stereocenters. The highest BCUT2D eigenvalue weighted by Gasteiger charge is 2.32. The van der Waals surface area contributed by atoms with Gasteiger partial charge in [0.05, 0.1) is 11.8 Å². The second-order valence-corrected chi connectivity index (χ2v) is 8.57. The first kappa shape index (κ1) is 20.0. The molecule has 5 heteroatoms. The van der Waals surface area contributed by atoms with Crippen LogP contribution in [0.15, 0.2) is 64.1 Å². The lowest BCUT2D eigenvalue weighted by atomic mass is 9.87. The maximum absolute atomic E-state index is 12.3. The standard InChI is InChI=1S/C25H27N3O2/c1-16(2)28-21-11-10-18(12-20(21)17(3)14-25(28,4)5)15-26-27-24(29)23-13-19-8-6-7-9-22(19)30-23/h6-16H,1-5H3,(H,27,29)/b26-15-. The molecule has 5 nitrogen and oxygen atoms in total. The first-order chi connectivity index (χ1) is 14.3. The number of rotatable bonds is 4. The third kappa shape index (κ3) is 3.63. The zero-order chi connectivity index (χ0) is 21.5. The van der Waals surface area contributed by atoms with Crippen LogP contribution in [0.4, 0.5) is 5.69 Å². The summed E-state index contributed by atoms with van der Waals surface area (Å²) in [6.45, 7) is 11.0. The minimum atomic E-state index is -0.371. The summed E-state index contributed by atoms with van der Waals surface area (Å²) in [4.78, 5) is 14.8. The first-order valence-corrected chi connectivity index (χ1v) is 10.2. The van der Waals surface area contributed by atoms with Gasteiger partial charge in [0.15, 0.2) is 5.76 Å². The van der Waals surface area contributed by atoms with E-state index in [4.69, 9.17) is 4.42 Å². The average Bonchev–Trinajstić information content (AvgIpc) is 3.11. The molecule has 30 heavy (non-hydrogen) atoms. The quantitative estimate of drug-likeness (QED) is 0.457. The normalized spacial score (nSPS) is 15.5. The Morgan fingerprint density at radius 2 is 1.93 bits per heavy atom. The fourth-order valence-corrected chi connectivity index (χ4v) is 4.41. The van der Waals surface area contributed by atoms with Crippen molar-refractivity contribution in [3.8, 4) is 0 Å². The van der Waals surface area contributed by atoms with Crippen LogP contribution in [0.25, 0.3) is 16.5 Å². The number of para-hydroxylation sites is 1. The van der Waals surface area contributed by atoms with Crippen LogP contribution in [-0.4, -0.2) is 23.7 Å². The summed E-state index contributed by atoms with van der Waals surface area (Å²) in [5.74, 6) is -0.128. The Kier molecular flexibility index (Phi) is 4.98. The molecule has 2 aromatic carbocycles. The number of carbonyl (C=O) groups excluding carboxylic acids is 1. The van der Waals surface area contributed by atoms with E-state index in [1.165, 1.54) is 16.8 Å². The van der Waals surface area contributed by atoms with E-state index in [1.807, 2.05) is 30.3 Å². The van der Waals surface area contributed by atoms with E-state index in [1.54, 1.807) is 12.3 Å². The third-order valence-corrected chi connectivity index (χ3v) is 5.44. The van der Waals surface area contributed by atoms with Gasteiger partial charge in [0.1, 0.15) is 5.58 Å². The molecule has 0 unspecified atom stereocenters. The molecule has 0 fully saturated rings. The van der Waals surface area contributed by atoms with Crippen molar-refractivity contribution >= 4 is 34.4 Å². The predicted octanol–water partition coefficient (Wildman–Crippen LogP) is 5.61. The summed E-state index contributed by atoms with van der Waals surface area (Å²) in [6.07, 6.45) is 3.97. The van der Waals surface area contributed by atoms with Crippen molar-refractivity contribution in [3.63, 3.8) is 0 Å². The van der Waals surface area contributed by atoms with Crippen molar-refractivity contribution in [2.45, 2.75) is 46.2 Å². The van der Waals surface area contributed by atoms with Gasteiger partial charge in [-0.15, -0.1) is 0 Å². The van der Waals surface area contributed by atoms with E-state index in [0.29, 0.717) is 11.6 Å². The SMILES string of the molecule is CC1=CC(C)(C)N(C(C)C)c2ccc(/C=N\NC(=O)c3cc4ccccc4o3)cc21. The molecule has 1 N–H and O–H groups in total. The smallest absolute Gasteiger partial charge is 0.307 e. The molecule has 1 aromatic heterocycles. The number of hydrogen-bond donors (Lipinski definition) is 1. The van der Waals surface area contributed by atoms with Crippen molar-refractivity contribution < 1.29 is 9.21 Å². The van der Waals surface area contributed by atoms with Crippen LogP contribution in [0.2, 0.25) is 0 Å². The van der Waals surface area contributed by atoms with E-state index < -0.39 is 0 Å². The topological polar surface area (TPSA) is 57.8 Å². The zero-order valence-electron chi connectivity index (χ0n) is 18.1. The third-order valence-electron chi connectivity index (χ3n) is 5.44. The average molecular weight is 402 g/mol. The largest absolute Gasteiger partial charge is 0.451 e. The minimum Gasteiger partial charge on any atom is -0.451 e. The number of carbonyl (C=O) groups is 1. The lowest BCUT2D eigenvalue weighted by molar-refractivity contribution is 0.0929. The van der Waals surface area contributed by atoms with Gasteiger partial charge in [-0.1, -0.05) is 30.3 Å². The van der Waals surface area contributed by atoms with Crippen LogP contribution in [0.5, 0.6) is 0 Å². The fourth-order valence-electron chi connectivity index (χ4n) is 4.41. The number of anilines is 1. The number of hydrogen-bond acceptors (Lipinski definition) is 4. The number of nitrogens with one attached hydrogen (secondary N) is 1. The Labute approximate surface area is 177 Å². The monoisotopic (exact) mass is 401 g/mol. The van der Waals surface area contributed by atoms with Gasteiger partial charge in [-0.05, 0) is 70.0 Å². The number of nitrogens with zero attached hydrogens (tertiary/aromatic N) is 2. The number of amides is 1.